The van der Waals surface area contributed by atoms with Crippen molar-refractivity contribution in [3.8, 4) is 0 Å². The van der Waals surface area contributed by atoms with E-state index >= 15 is 0 Å². The third kappa shape index (κ3) is 3.08. The summed E-state index contributed by atoms with van der Waals surface area (Å²) in [6, 6.07) is 1.60. The van der Waals surface area contributed by atoms with E-state index in [1.165, 1.54) is 12.8 Å². The Morgan fingerprint density at radius 2 is 2.12 bits per heavy atom. The van der Waals surface area contributed by atoms with Crippen molar-refractivity contribution in [2.24, 2.45) is 5.41 Å². The van der Waals surface area contributed by atoms with E-state index in [0.29, 0.717) is 11.2 Å². The predicted octanol–water partition coefficient (Wildman–Crippen LogP) is 2.09. The molecule has 0 amide bonds. The summed E-state index contributed by atoms with van der Waals surface area (Å²) in [6.45, 7) is 8.44. The highest BCUT2D eigenvalue weighted by Crippen LogP contribution is 2.30. The molecule has 1 N–H and O–H groups in total. The monoisotopic (exact) mass is 235 g/mol. The van der Waals surface area contributed by atoms with Crippen LogP contribution in [0.4, 0.5) is 5.82 Å². The van der Waals surface area contributed by atoms with E-state index in [1.807, 2.05) is 6.92 Å². The molecule has 0 bridgehead atoms. The van der Waals surface area contributed by atoms with E-state index in [1.54, 1.807) is 6.07 Å². The summed E-state index contributed by atoms with van der Waals surface area (Å²) in [5.74, 6) is 1.51. The molecule has 1 aliphatic heterocycles. The van der Waals surface area contributed by atoms with Gasteiger partial charge in [0, 0.05) is 19.2 Å². The first-order chi connectivity index (χ1) is 7.96. The molecule has 4 heteroatoms. The van der Waals surface area contributed by atoms with Crippen LogP contribution in [-0.4, -0.2) is 23.1 Å². The van der Waals surface area contributed by atoms with Crippen LogP contribution in [0.15, 0.2) is 10.9 Å². The Balaban J connectivity index is 2.19. The maximum Gasteiger partial charge on any atom is 0.252 e. The second-order valence-electron chi connectivity index (χ2n) is 5.69. The lowest BCUT2D eigenvalue weighted by Crippen LogP contribution is -2.27. The third-order valence-electron chi connectivity index (χ3n) is 3.51. The van der Waals surface area contributed by atoms with E-state index in [9.17, 15) is 4.79 Å². The lowest BCUT2D eigenvalue weighted by molar-refractivity contribution is 0.325. The minimum atomic E-state index is -0.0593. The fraction of sp³-hybridized carbons (Fsp3) is 0.692. The van der Waals surface area contributed by atoms with Gasteiger partial charge >= 0.3 is 0 Å². The van der Waals surface area contributed by atoms with Gasteiger partial charge in [0.1, 0.15) is 11.6 Å². The van der Waals surface area contributed by atoms with Crippen LogP contribution in [0.3, 0.4) is 0 Å². The van der Waals surface area contributed by atoms with Crippen molar-refractivity contribution in [1.29, 1.82) is 0 Å². The van der Waals surface area contributed by atoms with Crippen molar-refractivity contribution < 1.29 is 0 Å². The van der Waals surface area contributed by atoms with Crippen LogP contribution in [0, 0.1) is 12.3 Å². The number of H-pyrrole nitrogens is 1. The summed E-state index contributed by atoms with van der Waals surface area (Å²) in [5.41, 5.74) is 0.348. The summed E-state index contributed by atoms with van der Waals surface area (Å²) in [6.07, 6.45) is 3.56. The van der Waals surface area contributed by atoms with Crippen LogP contribution in [0.2, 0.25) is 0 Å². The maximum atomic E-state index is 11.4. The third-order valence-corrected chi connectivity index (χ3v) is 3.51. The molecular formula is C13H21N3O. The molecule has 1 aromatic rings. The highest BCUT2D eigenvalue weighted by Gasteiger charge is 2.23. The molecule has 0 radical (unpaired) electrons. The van der Waals surface area contributed by atoms with E-state index in [0.717, 1.165) is 25.3 Å². The fourth-order valence-electron chi connectivity index (χ4n) is 2.38. The highest BCUT2D eigenvalue weighted by molar-refractivity contribution is 5.37. The molecule has 0 aromatic carbocycles. The molecule has 1 saturated heterocycles. The SMILES string of the molecule is Cc1nc(N2CCCC(C)(C)CC2)cc(=O)[nH]1. The van der Waals surface area contributed by atoms with Gasteiger partial charge in [-0.05, 0) is 31.6 Å². The summed E-state index contributed by atoms with van der Waals surface area (Å²) in [4.78, 5) is 20.8. The number of nitrogens with one attached hydrogen (secondary N) is 1. The van der Waals surface area contributed by atoms with Crippen molar-refractivity contribution in [3.63, 3.8) is 0 Å². The fourth-order valence-corrected chi connectivity index (χ4v) is 2.38. The van der Waals surface area contributed by atoms with Gasteiger partial charge < -0.3 is 9.88 Å². The second-order valence-corrected chi connectivity index (χ2v) is 5.69. The molecule has 94 valence electrons. The van der Waals surface area contributed by atoms with E-state index < -0.39 is 0 Å². The smallest absolute Gasteiger partial charge is 0.252 e. The lowest BCUT2D eigenvalue weighted by atomic mass is 9.85. The first-order valence-corrected chi connectivity index (χ1v) is 6.29. The Morgan fingerprint density at radius 3 is 2.82 bits per heavy atom. The van der Waals surface area contributed by atoms with Gasteiger partial charge in [0.05, 0.1) is 0 Å². The minimum Gasteiger partial charge on any atom is -0.356 e. The van der Waals surface area contributed by atoms with E-state index in [2.05, 4.69) is 28.7 Å². The zero-order chi connectivity index (χ0) is 12.5. The van der Waals surface area contributed by atoms with Gasteiger partial charge in [0.15, 0.2) is 0 Å². The summed E-state index contributed by atoms with van der Waals surface area (Å²) < 4.78 is 0. The number of nitrogens with zero attached hydrogens (tertiary/aromatic N) is 2. The quantitative estimate of drug-likeness (QED) is 0.811. The lowest BCUT2D eigenvalue weighted by Gasteiger charge is -2.24. The normalized spacial score (nSPS) is 20.1. The average Bonchev–Trinajstić information content (AvgIpc) is 2.38. The molecule has 0 atom stereocenters. The highest BCUT2D eigenvalue weighted by atomic mass is 16.1. The number of rotatable bonds is 1. The van der Waals surface area contributed by atoms with Crippen LogP contribution in [0.5, 0.6) is 0 Å². The number of aromatic amines is 1. The summed E-state index contributed by atoms with van der Waals surface area (Å²) in [7, 11) is 0. The molecule has 0 unspecified atom stereocenters. The number of aromatic nitrogens is 2. The molecule has 2 heterocycles. The van der Waals surface area contributed by atoms with Crippen LogP contribution >= 0.6 is 0 Å². The Bertz CT molecular complexity index is 450. The van der Waals surface area contributed by atoms with Gasteiger partial charge in [0.2, 0.25) is 0 Å². The van der Waals surface area contributed by atoms with Crippen molar-refractivity contribution in [1.82, 2.24) is 9.97 Å². The molecule has 0 saturated carbocycles. The van der Waals surface area contributed by atoms with Gasteiger partial charge in [-0.15, -0.1) is 0 Å². The first-order valence-electron chi connectivity index (χ1n) is 6.29. The molecule has 0 spiro atoms. The number of aryl methyl sites for hydroxylation is 1. The Morgan fingerprint density at radius 1 is 1.35 bits per heavy atom. The number of hydrogen-bond acceptors (Lipinski definition) is 3. The van der Waals surface area contributed by atoms with Crippen LogP contribution in [-0.2, 0) is 0 Å². The van der Waals surface area contributed by atoms with E-state index in [4.69, 9.17) is 0 Å². The molecule has 17 heavy (non-hydrogen) atoms. The summed E-state index contributed by atoms with van der Waals surface area (Å²) >= 11 is 0. The van der Waals surface area contributed by atoms with Gasteiger partial charge in [0.25, 0.3) is 5.56 Å². The molecular weight excluding hydrogens is 214 g/mol. The van der Waals surface area contributed by atoms with Gasteiger partial charge in [-0.25, -0.2) is 4.98 Å². The molecule has 0 aliphatic carbocycles. The Labute approximate surface area is 102 Å². The van der Waals surface area contributed by atoms with Crippen molar-refractivity contribution >= 4 is 5.82 Å². The molecule has 2 rings (SSSR count). The minimum absolute atomic E-state index is 0.0593. The van der Waals surface area contributed by atoms with Crippen LogP contribution < -0.4 is 10.5 Å². The van der Waals surface area contributed by atoms with Gasteiger partial charge in [-0.1, -0.05) is 13.8 Å². The molecule has 4 nitrogen and oxygen atoms in total. The van der Waals surface area contributed by atoms with Crippen molar-refractivity contribution in [3.05, 3.63) is 22.2 Å². The Hall–Kier alpha value is -1.32. The predicted molar refractivity (Wildman–Crippen MR) is 69.4 cm³/mol. The number of anilines is 1. The molecule has 1 aliphatic rings. The van der Waals surface area contributed by atoms with Crippen molar-refractivity contribution in [2.45, 2.75) is 40.0 Å². The van der Waals surface area contributed by atoms with Crippen molar-refractivity contribution in [2.75, 3.05) is 18.0 Å². The van der Waals surface area contributed by atoms with Crippen LogP contribution in [0.1, 0.15) is 38.9 Å². The molecule has 1 aromatic heterocycles. The van der Waals surface area contributed by atoms with Gasteiger partial charge in [-0.3, -0.25) is 4.79 Å². The maximum absolute atomic E-state index is 11.4. The second kappa shape index (κ2) is 4.51. The largest absolute Gasteiger partial charge is 0.356 e. The average molecular weight is 235 g/mol. The first kappa shape index (κ1) is 12.1. The zero-order valence-electron chi connectivity index (χ0n) is 10.9. The Kier molecular flexibility index (Phi) is 3.22. The molecule has 1 fully saturated rings. The van der Waals surface area contributed by atoms with Gasteiger partial charge in [-0.2, -0.15) is 0 Å². The van der Waals surface area contributed by atoms with Crippen LogP contribution in [0.25, 0.3) is 0 Å². The zero-order valence-corrected chi connectivity index (χ0v) is 10.9. The van der Waals surface area contributed by atoms with E-state index in [-0.39, 0.29) is 5.56 Å². The number of hydrogen-bond donors (Lipinski definition) is 1. The topological polar surface area (TPSA) is 49.0 Å². The summed E-state index contributed by atoms with van der Waals surface area (Å²) in [5, 5.41) is 0. The standard InChI is InChI=1S/C13H21N3O/c1-10-14-11(9-12(17)15-10)16-7-4-5-13(2,3)6-8-16/h9H,4-8H2,1-3H3,(H,14,15,17).